The number of halogens is 1. The molecule has 0 aliphatic carbocycles. The minimum absolute atomic E-state index is 0.350. The lowest BCUT2D eigenvalue weighted by Crippen LogP contribution is -2.02. The van der Waals surface area contributed by atoms with Crippen LogP contribution in [0.15, 0.2) is 27.9 Å². The van der Waals surface area contributed by atoms with Gasteiger partial charge in [-0.2, -0.15) is 5.10 Å². The Balaban J connectivity index is 2.31. The number of rotatable bonds is 7. The molecule has 1 aromatic heterocycles. The molecule has 0 saturated carbocycles. The fraction of sp³-hybridized carbons (Fsp3) is 0.375. The first-order chi connectivity index (χ1) is 11.0. The second-order valence-electron chi connectivity index (χ2n) is 4.93. The highest BCUT2D eigenvalue weighted by Gasteiger charge is 2.10. The van der Waals surface area contributed by atoms with E-state index in [4.69, 9.17) is 15.2 Å². The SMILES string of the molecule is CCCOc1cc(Br)c(C=Nn2cc(C)nc2N)cc1OCC. The largest absolute Gasteiger partial charge is 0.490 e. The normalized spacial score (nSPS) is 11.1. The number of nitrogens with two attached hydrogens (primary N) is 1. The zero-order valence-corrected chi connectivity index (χ0v) is 15.1. The van der Waals surface area contributed by atoms with Gasteiger partial charge in [-0.3, -0.25) is 0 Å². The molecule has 0 atom stereocenters. The van der Waals surface area contributed by atoms with Crippen LogP contribution in [0.2, 0.25) is 0 Å². The maximum atomic E-state index is 5.78. The Morgan fingerprint density at radius 1 is 1.30 bits per heavy atom. The van der Waals surface area contributed by atoms with Crippen LogP contribution in [-0.4, -0.2) is 29.1 Å². The molecule has 0 unspecified atom stereocenters. The van der Waals surface area contributed by atoms with Gasteiger partial charge in [0, 0.05) is 10.0 Å². The van der Waals surface area contributed by atoms with E-state index in [1.807, 2.05) is 26.0 Å². The number of hydrogen-bond acceptors (Lipinski definition) is 5. The van der Waals surface area contributed by atoms with Crippen LogP contribution in [0.5, 0.6) is 11.5 Å². The molecular weight excluding hydrogens is 360 g/mol. The first kappa shape index (κ1) is 17.3. The molecule has 0 bridgehead atoms. The summed E-state index contributed by atoms with van der Waals surface area (Å²) >= 11 is 3.54. The summed E-state index contributed by atoms with van der Waals surface area (Å²) in [6.07, 6.45) is 4.40. The van der Waals surface area contributed by atoms with Gasteiger partial charge in [0.15, 0.2) is 11.5 Å². The monoisotopic (exact) mass is 380 g/mol. The van der Waals surface area contributed by atoms with Gasteiger partial charge in [-0.15, -0.1) is 0 Å². The van der Waals surface area contributed by atoms with Gasteiger partial charge in [0.1, 0.15) is 0 Å². The van der Waals surface area contributed by atoms with Gasteiger partial charge in [-0.05, 0) is 48.3 Å². The van der Waals surface area contributed by atoms with Crippen LogP contribution < -0.4 is 15.2 Å². The van der Waals surface area contributed by atoms with E-state index in [0.717, 1.165) is 27.9 Å². The molecule has 0 saturated heterocycles. The Kier molecular flexibility index (Phi) is 6.04. The van der Waals surface area contributed by atoms with E-state index in [1.54, 1.807) is 12.4 Å². The van der Waals surface area contributed by atoms with Gasteiger partial charge in [0.05, 0.1) is 31.3 Å². The number of nitrogen functional groups attached to an aromatic ring is 1. The fourth-order valence-corrected chi connectivity index (χ4v) is 2.39. The van der Waals surface area contributed by atoms with Crippen molar-refractivity contribution in [2.45, 2.75) is 27.2 Å². The zero-order chi connectivity index (χ0) is 16.8. The zero-order valence-electron chi connectivity index (χ0n) is 13.5. The summed E-state index contributed by atoms with van der Waals surface area (Å²) in [4.78, 5) is 4.11. The predicted octanol–water partition coefficient (Wildman–Crippen LogP) is 3.61. The van der Waals surface area contributed by atoms with Crippen molar-refractivity contribution in [1.82, 2.24) is 9.66 Å². The van der Waals surface area contributed by atoms with Crippen molar-refractivity contribution >= 4 is 28.1 Å². The van der Waals surface area contributed by atoms with E-state index < -0.39 is 0 Å². The molecule has 0 aliphatic rings. The average Bonchev–Trinajstić information content (AvgIpc) is 2.83. The summed E-state index contributed by atoms with van der Waals surface area (Å²) in [6, 6.07) is 3.78. The molecule has 1 aromatic carbocycles. The van der Waals surface area contributed by atoms with E-state index in [2.05, 4.69) is 32.9 Å². The first-order valence-corrected chi connectivity index (χ1v) is 8.29. The molecule has 124 valence electrons. The summed E-state index contributed by atoms with van der Waals surface area (Å²) in [6.45, 7) is 7.08. The third-order valence-corrected chi connectivity index (χ3v) is 3.67. The summed E-state index contributed by atoms with van der Waals surface area (Å²) in [5.74, 6) is 1.76. The highest BCUT2D eigenvalue weighted by Crippen LogP contribution is 2.33. The minimum Gasteiger partial charge on any atom is -0.490 e. The molecule has 7 heteroatoms. The molecule has 0 radical (unpaired) electrons. The number of benzene rings is 1. The standard InChI is InChI=1S/C16H21BrN4O2/c1-4-6-23-15-8-13(17)12(7-14(15)22-5-2)9-19-21-10-11(3)20-16(21)18/h7-10H,4-6H2,1-3H3,(H2,18,20). The lowest BCUT2D eigenvalue weighted by atomic mass is 10.2. The van der Waals surface area contributed by atoms with Crippen LogP contribution in [0, 0.1) is 6.92 Å². The van der Waals surface area contributed by atoms with Gasteiger partial charge in [0.2, 0.25) is 5.95 Å². The fourth-order valence-electron chi connectivity index (χ4n) is 1.96. The van der Waals surface area contributed by atoms with E-state index in [1.165, 1.54) is 4.68 Å². The van der Waals surface area contributed by atoms with Gasteiger partial charge in [0.25, 0.3) is 0 Å². The Morgan fingerprint density at radius 2 is 2.04 bits per heavy atom. The third-order valence-electron chi connectivity index (χ3n) is 2.98. The van der Waals surface area contributed by atoms with E-state index in [0.29, 0.717) is 24.9 Å². The summed E-state index contributed by atoms with van der Waals surface area (Å²) in [7, 11) is 0. The number of aryl methyl sites for hydroxylation is 1. The Bertz CT molecular complexity index is 698. The smallest absolute Gasteiger partial charge is 0.221 e. The van der Waals surface area contributed by atoms with Crippen molar-refractivity contribution in [3.8, 4) is 11.5 Å². The van der Waals surface area contributed by atoms with Crippen LogP contribution in [0.1, 0.15) is 31.5 Å². The predicted molar refractivity (Wildman–Crippen MR) is 95.5 cm³/mol. The van der Waals surface area contributed by atoms with Crippen LogP contribution in [0.25, 0.3) is 0 Å². The molecule has 0 fully saturated rings. The molecule has 2 aromatic rings. The van der Waals surface area contributed by atoms with Crippen LogP contribution in [-0.2, 0) is 0 Å². The van der Waals surface area contributed by atoms with Crippen molar-refractivity contribution in [2.75, 3.05) is 18.9 Å². The van der Waals surface area contributed by atoms with Crippen molar-refractivity contribution < 1.29 is 9.47 Å². The van der Waals surface area contributed by atoms with Gasteiger partial charge in [-0.25, -0.2) is 9.66 Å². The molecule has 2 rings (SSSR count). The molecule has 0 aliphatic heterocycles. The Hall–Kier alpha value is -2.02. The van der Waals surface area contributed by atoms with Crippen molar-refractivity contribution in [3.63, 3.8) is 0 Å². The highest BCUT2D eigenvalue weighted by molar-refractivity contribution is 9.10. The maximum Gasteiger partial charge on any atom is 0.221 e. The number of anilines is 1. The quantitative estimate of drug-likeness (QED) is 0.744. The lowest BCUT2D eigenvalue weighted by molar-refractivity contribution is 0.276. The molecule has 23 heavy (non-hydrogen) atoms. The lowest BCUT2D eigenvalue weighted by Gasteiger charge is -2.13. The van der Waals surface area contributed by atoms with Crippen molar-refractivity contribution in [3.05, 3.63) is 34.1 Å². The second-order valence-corrected chi connectivity index (χ2v) is 5.79. The average molecular weight is 381 g/mol. The third kappa shape index (κ3) is 4.48. The second kappa shape index (κ2) is 8.01. The summed E-state index contributed by atoms with van der Waals surface area (Å²) < 4.78 is 13.8. The number of nitrogens with zero attached hydrogens (tertiary/aromatic N) is 3. The summed E-state index contributed by atoms with van der Waals surface area (Å²) in [5.41, 5.74) is 7.46. The number of aromatic nitrogens is 2. The van der Waals surface area contributed by atoms with Crippen LogP contribution >= 0.6 is 15.9 Å². The molecule has 0 amide bonds. The van der Waals surface area contributed by atoms with Crippen LogP contribution in [0.4, 0.5) is 5.95 Å². The minimum atomic E-state index is 0.350. The van der Waals surface area contributed by atoms with E-state index in [9.17, 15) is 0 Å². The number of imidazole rings is 1. The molecule has 0 spiro atoms. The molecule has 6 nitrogen and oxygen atoms in total. The Morgan fingerprint density at radius 3 is 2.65 bits per heavy atom. The maximum absolute atomic E-state index is 5.78. The van der Waals surface area contributed by atoms with Gasteiger partial charge < -0.3 is 15.2 Å². The Labute approximate surface area is 144 Å². The van der Waals surface area contributed by atoms with Gasteiger partial charge in [-0.1, -0.05) is 6.92 Å². The van der Waals surface area contributed by atoms with E-state index >= 15 is 0 Å². The molecular formula is C16H21BrN4O2. The van der Waals surface area contributed by atoms with E-state index in [-0.39, 0.29) is 0 Å². The summed E-state index contributed by atoms with van der Waals surface area (Å²) in [5, 5.41) is 4.33. The molecule has 2 N–H and O–H groups in total. The first-order valence-electron chi connectivity index (χ1n) is 7.50. The van der Waals surface area contributed by atoms with Crippen LogP contribution in [0.3, 0.4) is 0 Å². The van der Waals surface area contributed by atoms with Crippen molar-refractivity contribution in [1.29, 1.82) is 0 Å². The topological polar surface area (TPSA) is 74.7 Å². The highest BCUT2D eigenvalue weighted by atomic mass is 79.9. The number of ether oxygens (including phenoxy) is 2. The number of hydrogen-bond donors (Lipinski definition) is 1. The molecule has 1 heterocycles. The van der Waals surface area contributed by atoms with Gasteiger partial charge >= 0.3 is 0 Å². The van der Waals surface area contributed by atoms with Crippen molar-refractivity contribution in [2.24, 2.45) is 5.10 Å².